The van der Waals surface area contributed by atoms with Gasteiger partial charge in [-0.2, -0.15) is 0 Å². The Morgan fingerprint density at radius 2 is 1.85 bits per heavy atom. The highest BCUT2D eigenvalue weighted by Gasteiger charge is 2.06. The molecular weight excluding hydrogens is 182 g/mol. The Morgan fingerprint density at radius 1 is 1.38 bits per heavy atom. The zero-order valence-corrected chi connectivity index (χ0v) is 8.73. The summed E-state index contributed by atoms with van der Waals surface area (Å²) in [4.78, 5) is 0. The van der Waals surface area contributed by atoms with Crippen LogP contribution in [0.5, 0.6) is 0 Å². The van der Waals surface area contributed by atoms with Gasteiger partial charge in [-0.05, 0) is 30.5 Å². The highest BCUT2D eigenvalue weighted by molar-refractivity contribution is 6.32. The minimum absolute atomic E-state index is 0.102. The van der Waals surface area contributed by atoms with Crippen molar-refractivity contribution in [3.05, 3.63) is 46.5 Å². The standard InChI is InChI=1S/C11H14ClN/c1-4-10(13)9-5-7(2)11(12)8(3)6-9/h4-6,10H,1,13H2,2-3H3/t10-/m0/s1. The highest BCUT2D eigenvalue weighted by atomic mass is 35.5. The summed E-state index contributed by atoms with van der Waals surface area (Å²) in [5.74, 6) is 0. The molecular formula is C11H14ClN. The van der Waals surface area contributed by atoms with Gasteiger partial charge in [0.05, 0.1) is 0 Å². The summed E-state index contributed by atoms with van der Waals surface area (Å²) < 4.78 is 0. The Labute approximate surface area is 84.2 Å². The summed E-state index contributed by atoms with van der Waals surface area (Å²) >= 11 is 6.03. The van der Waals surface area contributed by atoms with Gasteiger partial charge in [0.1, 0.15) is 0 Å². The Morgan fingerprint density at radius 3 is 2.23 bits per heavy atom. The molecule has 70 valence electrons. The largest absolute Gasteiger partial charge is 0.321 e. The van der Waals surface area contributed by atoms with Gasteiger partial charge in [0.2, 0.25) is 0 Å². The Kier molecular flexibility index (Phi) is 3.12. The van der Waals surface area contributed by atoms with Gasteiger partial charge in [-0.3, -0.25) is 0 Å². The molecule has 2 heteroatoms. The van der Waals surface area contributed by atoms with E-state index in [9.17, 15) is 0 Å². The fraction of sp³-hybridized carbons (Fsp3) is 0.273. The zero-order chi connectivity index (χ0) is 10.0. The van der Waals surface area contributed by atoms with Crippen molar-refractivity contribution >= 4 is 11.6 Å². The van der Waals surface area contributed by atoms with Gasteiger partial charge in [-0.25, -0.2) is 0 Å². The van der Waals surface area contributed by atoms with E-state index >= 15 is 0 Å². The second-order valence-electron chi connectivity index (χ2n) is 3.23. The summed E-state index contributed by atoms with van der Waals surface area (Å²) in [7, 11) is 0. The minimum atomic E-state index is -0.102. The predicted octanol–water partition coefficient (Wildman–Crippen LogP) is 3.14. The Hall–Kier alpha value is -0.790. The highest BCUT2D eigenvalue weighted by Crippen LogP contribution is 2.24. The average molecular weight is 196 g/mol. The number of rotatable bonds is 2. The molecule has 0 aromatic heterocycles. The molecule has 0 aliphatic carbocycles. The van der Waals surface area contributed by atoms with Crippen LogP contribution in [0.15, 0.2) is 24.8 Å². The van der Waals surface area contributed by atoms with Crippen LogP contribution in [-0.2, 0) is 0 Å². The van der Waals surface area contributed by atoms with Crippen LogP contribution in [0.2, 0.25) is 5.02 Å². The van der Waals surface area contributed by atoms with E-state index in [4.69, 9.17) is 17.3 Å². The molecule has 0 aliphatic rings. The lowest BCUT2D eigenvalue weighted by atomic mass is 10.0. The predicted molar refractivity (Wildman–Crippen MR) is 58.1 cm³/mol. The third kappa shape index (κ3) is 2.11. The number of nitrogens with two attached hydrogens (primary N) is 1. The van der Waals surface area contributed by atoms with Gasteiger partial charge in [0.15, 0.2) is 0 Å². The summed E-state index contributed by atoms with van der Waals surface area (Å²) in [6.07, 6.45) is 1.72. The van der Waals surface area contributed by atoms with Gasteiger partial charge in [-0.15, -0.1) is 6.58 Å². The van der Waals surface area contributed by atoms with Crippen molar-refractivity contribution in [2.45, 2.75) is 19.9 Å². The number of benzene rings is 1. The Balaban J connectivity index is 3.20. The smallest absolute Gasteiger partial charge is 0.0478 e. The van der Waals surface area contributed by atoms with E-state index in [2.05, 4.69) is 6.58 Å². The van der Waals surface area contributed by atoms with Crippen LogP contribution in [0.1, 0.15) is 22.7 Å². The SMILES string of the molecule is C=C[C@H](N)c1cc(C)c(Cl)c(C)c1. The molecule has 1 aromatic carbocycles. The molecule has 0 fully saturated rings. The first-order valence-electron chi connectivity index (χ1n) is 4.21. The van der Waals surface area contributed by atoms with Crippen molar-refractivity contribution in [3.8, 4) is 0 Å². The third-order valence-electron chi connectivity index (χ3n) is 2.10. The quantitative estimate of drug-likeness (QED) is 0.721. The second kappa shape index (κ2) is 3.95. The van der Waals surface area contributed by atoms with E-state index in [-0.39, 0.29) is 6.04 Å². The minimum Gasteiger partial charge on any atom is -0.321 e. The third-order valence-corrected chi connectivity index (χ3v) is 2.69. The van der Waals surface area contributed by atoms with E-state index in [1.807, 2.05) is 26.0 Å². The summed E-state index contributed by atoms with van der Waals surface area (Å²) in [6, 6.07) is 3.90. The van der Waals surface area contributed by atoms with Crippen LogP contribution in [0.3, 0.4) is 0 Å². The Bertz CT molecular complexity index is 308. The van der Waals surface area contributed by atoms with Crippen LogP contribution in [0, 0.1) is 13.8 Å². The normalized spacial score (nSPS) is 12.6. The fourth-order valence-electron chi connectivity index (χ4n) is 1.31. The van der Waals surface area contributed by atoms with Crippen molar-refractivity contribution < 1.29 is 0 Å². The van der Waals surface area contributed by atoms with E-state index in [0.29, 0.717) is 0 Å². The lowest BCUT2D eigenvalue weighted by Crippen LogP contribution is -2.07. The number of hydrogen-bond donors (Lipinski definition) is 1. The van der Waals surface area contributed by atoms with Crippen molar-refractivity contribution in [1.29, 1.82) is 0 Å². The number of hydrogen-bond acceptors (Lipinski definition) is 1. The summed E-state index contributed by atoms with van der Waals surface area (Å²) in [5, 5.41) is 0.819. The summed E-state index contributed by atoms with van der Waals surface area (Å²) in [6.45, 7) is 7.62. The van der Waals surface area contributed by atoms with E-state index in [1.54, 1.807) is 6.08 Å². The van der Waals surface area contributed by atoms with Crippen LogP contribution < -0.4 is 5.73 Å². The molecule has 0 amide bonds. The van der Waals surface area contributed by atoms with Crippen LogP contribution in [0.25, 0.3) is 0 Å². The van der Waals surface area contributed by atoms with E-state index < -0.39 is 0 Å². The van der Waals surface area contributed by atoms with Crippen molar-refractivity contribution in [3.63, 3.8) is 0 Å². The molecule has 1 rings (SSSR count). The topological polar surface area (TPSA) is 26.0 Å². The number of aryl methyl sites for hydroxylation is 2. The maximum atomic E-state index is 6.03. The lowest BCUT2D eigenvalue weighted by molar-refractivity contribution is 0.910. The molecule has 0 saturated heterocycles. The maximum Gasteiger partial charge on any atom is 0.0478 e. The molecule has 0 unspecified atom stereocenters. The van der Waals surface area contributed by atoms with E-state index in [1.165, 1.54) is 0 Å². The van der Waals surface area contributed by atoms with Gasteiger partial charge in [0.25, 0.3) is 0 Å². The fourth-order valence-corrected chi connectivity index (χ4v) is 1.42. The zero-order valence-electron chi connectivity index (χ0n) is 7.97. The average Bonchev–Trinajstić information content (AvgIpc) is 2.12. The molecule has 0 aliphatic heterocycles. The van der Waals surface area contributed by atoms with Gasteiger partial charge in [0, 0.05) is 11.1 Å². The molecule has 1 aromatic rings. The lowest BCUT2D eigenvalue weighted by Gasteiger charge is -2.10. The molecule has 0 radical (unpaired) electrons. The first-order valence-corrected chi connectivity index (χ1v) is 4.59. The van der Waals surface area contributed by atoms with Crippen LogP contribution >= 0.6 is 11.6 Å². The molecule has 2 N–H and O–H groups in total. The van der Waals surface area contributed by atoms with Crippen LogP contribution in [0.4, 0.5) is 0 Å². The maximum absolute atomic E-state index is 6.03. The molecule has 1 atom stereocenters. The van der Waals surface area contributed by atoms with Crippen molar-refractivity contribution in [1.82, 2.24) is 0 Å². The molecule has 1 nitrogen and oxygen atoms in total. The molecule has 13 heavy (non-hydrogen) atoms. The molecule has 0 saturated carbocycles. The number of halogens is 1. The first-order chi connectivity index (χ1) is 6.06. The van der Waals surface area contributed by atoms with Crippen molar-refractivity contribution in [2.75, 3.05) is 0 Å². The second-order valence-corrected chi connectivity index (χ2v) is 3.61. The van der Waals surface area contributed by atoms with E-state index in [0.717, 1.165) is 21.7 Å². The monoisotopic (exact) mass is 195 g/mol. The van der Waals surface area contributed by atoms with Crippen molar-refractivity contribution in [2.24, 2.45) is 5.73 Å². The first kappa shape index (κ1) is 10.3. The van der Waals surface area contributed by atoms with Crippen LogP contribution in [-0.4, -0.2) is 0 Å². The molecule has 0 heterocycles. The molecule has 0 bridgehead atoms. The summed E-state index contributed by atoms with van der Waals surface area (Å²) in [5.41, 5.74) is 9.01. The van der Waals surface area contributed by atoms with Gasteiger partial charge < -0.3 is 5.73 Å². The van der Waals surface area contributed by atoms with Gasteiger partial charge >= 0.3 is 0 Å². The molecule has 0 spiro atoms. The van der Waals surface area contributed by atoms with Gasteiger partial charge in [-0.1, -0.05) is 29.8 Å².